The van der Waals surface area contributed by atoms with Crippen LogP contribution in [0.15, 0.2) is 61.3 Å². The van der Waals surface area contributed by atoms with E-state index in [0.29, 0.717) is 5.52 Å². The summed E-state index contributed by atoms with van der Waals surface area (Å²) in [6.07, 6.45) is 3.91. The van der Waals surface area contributed by atoms with Gasteiger partial charge >= 0.3 is 0 Å². The standard InChI is InChI=1S/C20H19FN2/c1-2-15-12-23(11-14-6-4-3-5-7-14)13-16-8-9-18(21)20-19(16)17(15)10-22-20/h2-10,15,22H,1,11-13H2. The second-order valence-corrected chi connectivity index (χ2v) is 6.20. The number of rotatable bonds is 3. The number of nitrogens with one attached hydrogen (secondary N) is 1. The van der Waals surface area contributed by atoms with E-state index >= 15 is 0 Å². The molecular formula is C20H19FN2. The molecule has 0 radical (unpaired) electrons. The maximum atomic E-state index is 14.1. The number of aromatic nitrogens is 1. The highest BCUT2D eigenvalue weighted by molar-refractivity contribution is 5.88. The minimum absolute atomic E-state index is 0.186. The SMILES string of the molecule is C=CC1CN(Cc2ccccc2)Cc2ccc(F)c3[nH]cc1c23. The Morgan fingerprint density at radius 2 is 2.04 bits per heavy atom. The average molecular weight is 306 g/mol. The zero-order valence-electron chi connectivity index (χ0n) is 12.9. The van der Waals surface area contributed by atoms with E-state index in [0.717, 1.165) is 30.6 Å². The largest absolute Gasteiger partial charge is 0.358 e. The van der Waals surface area contributed by atoms with E-state index in [-0.39, 0.29) is 11.7 Å². The Balaban J connectivity index is 1.76. The van der Waals surface area contributed by atoms with Crippen molar-refractivity contribution in [3.63, 3.8) is 0 Å². The molecule has 23 heavy (non-hydrogen) atoms. The van der Waals surface area contributed by atoms with Crippen LogP contribution in [0.1, 0.15) is 22.6 Å². The number of H-pyrrole nitrogens is 1. The van der Waals surface area contributed by atoms with Crippen LogP contribution >= 0.6 is 0 Å². The lowest BCUT2D eigenvalue weighted by atomic mass is 9.97. The van der Waals surface area contributed by atoms with E-state index in [1.54, 1.807) is 6.07 Å². The van der Waals surface area contributed by atoms with Crippen LogP contribution in [-0.4, -0.2) is 16.4 Å². The average Bonchev–Trinajstić information content (AvgIpc) is 2.95. The Kier molecular flexibility index (Phi) is 3.50. The predicted octanol–water partition coefficient (Wildman–Crippen LogP) is 4.59. The number of hydrogen-bond acceptors (Lipinski definition) is 1. The van der Waals surface area contributed by atoms with Gasteiger partial charge in [0.25, 0.3) is 0 Å². The molecule has 1 N–H and O–H groups in total. The van der Waals surface area contributed by atoms with Gasteiger partial charge in [-0.3, -0.25) is 4.90 Å². The molecule has 2 aromatic carbocycles. The van der Waals surface area contributed by atoms with Gasteiger partial charge in [0, 0.05) is 37.1 Å². The second-order valence-electron chi connectivity index (χ2n) is 6.20. The van der Waals surface area contributed by atoms with E-state index in [1.165, 1.54) is 11.1 Å². The lowest BCUT2D eigenvalue weighted by molar-refractivity contribution is 0.255. The molecule has 2 heterocycles. The third-order valence-corrected chi connectivity index (χ3v) is 4.68. The summed E-state index contributed by atoms with van der Waals surface area (Å²) in [5.74, 6) is 0.0184. The first-order valence-corrected chi connectivity index (χ1v) is 7.93. The van der Waals surface area contributed by atoms with Gasteiger partial charge in [-0.2, -0.15) is 0 Å². The number of hydrogen-bond donors (Lipinski definition) is 1. The van der Waals surface area contributed by atoms with Crippen LogP contribution < -0.4 is 0 Å². The van der Waals surface area contributed by atoms with Crippen molar-refractivity contribution in [2.75, 3.05) is 6.54 Å². The Morgan fingerprint density at radius 3 is 2.83 bits per heavy atom. The topological polar surface area (TPSA) is 19.0 Å². The van der Waals surface area contributed by atoms with Gasteiger partial charge in [-0.05, 0) is 22.8 Å². The van der Waals surface area contributed by atoms with Gasteiger partial charge in [0.1, 0.15) is 5.82 Å². The van der Waals surface area contributed by atoms with E-state index < -0.39 is 0 Å². The van der Waals surface area contributed by atoms with Gasteiger partial charge in [0.2, 0.25) is 0 Å². The molecule has 0 saturated carbocycles. The molecule has 1 unspecified atom stereocenters. The smallest absolute Gasteiger partial charge is 0.147 e. The summed E-state index contributed by atoms with van der Waals surface area (Å²) in [4.78, 5) is 5.51. The van der Waals surface area contributed by atoms with Crippen molar-refractivity contribution in [2.45, 2.75) is 19.0 Å². The minimum atomic E-state index is -0.186. The molecule has 1 aliphatic rings. The first kappa shape index (κ1) is 14.2. The molecule has 116 valence electrons. The van der Waals surface area contributed by atoms with Crippen LogP contribution in [0.4, 0.5) is 4.39 Å². The third-order valence-electron chi connectivity index (χ3n) is 4.68. The van der Waals surface area contributed by atoms with E-state index in [9.17, 15) is 4.39 Å². The van der Waals surface area contributed by atoms with Gasteiger partial charge in [-0.1, -0.05) is 42.5 Å². The molecule has 0 bridgehead atoms. The van der Waals surface area contributed by atoms with Gasteiger partial charge in [0.15, 0.2) is 0 Å². The first-order valence-electron chi connectivity index (χ1n) is 7.93. The van der Waals surface area contributed by atoms with Crippen LogP contribution in [0, 0.1) is 5.82 Å². The fourth-order valence-corrected chi connectivity index (χ4v) is 3.58. The van der Waals surface area contributed by atoms with E-state index in [2.05, 4.69) is 40.7 Å². The van der Waals surface area contributed by atoms with Crippen molar-refractivity contribution in [3.05, 3.63) is 83.8 Å². The minimum Gasteiger partial charge on any atom is -0.358 e. The van der Waals surface area contributed by atoms with Gasteiger partial charge in [-0.25, -0.2) is 4.39 Å². The molecule has 1 aromatic heterocycles. The zero-order chi connectivity index (χ0) is 15.8. The highest BCUT2D eigenvalue weighted by Gasteiger charge is 2.24. The second kappa shape index (κ2) is 5.67. The normalized spacial score (nSPS) is 18.0. The molecule has 0 spiro atoms. The zero-order valence-corrected chi connectivity index (χ0v) is 12.9. The third kappa shape index (κ3) is 2.47. The summed E-state index contributed by atoms with van der Waals surface area (Å²) in [6, 6.07) is 13.9. The Hall–Kier alpha value is -2.39. The predicted molar refractivity (Wildman–Crippen MR) is 91.8 cm³/mol. The Morgan fingerprint density at radius 1 is 1.22 bits per heavy atom. The molecule has 1 atom stereocenters. The summed E-state index contributed by atoms with van der Waals surface area (Å²) in [5, 5.41) is 1.03. The van der Waals surface area contributed by atoms with E-state index in [4.69, 9.17) is 0 Å². The number of aromatic amines is 1. The van der Waals surface area contributed by atoms with Gasteiger partial charge in [-0.15, -0.1) is 6.58 Å². The van der Waals surface area contributed by atoms with Gasteiger partial charge < -0.3 is 4.98 Å². The van der Waals surface area contributed by atoms with Crippen LogP contribution in [0.25, 0.3) is 10.9 Å². The van der Waals surface area contributed by atoms with Crippen molar-refractivity contribution in [1.29, 1.82) is 0 Å². The summed E-state index contributed by atoms with van der Waals surface area (Å²) in [7, 11) is 0. The molecule has 4 rings (SSSR count). The Bertz CT molecular complexity index is 851. The van der Waals surface area contributed by atoms with Crippen molar-refractivity contribution in [3.8, 4) is 0 Å². The molecular weight excluding hydrogens is 287 g/mol. The fraction of sp³-hybridized carbons (Fsp3) is 0.200. The number of benzene rings is 2. The number of nitrogens with zero attached hydrogens (tertiary/aromatic N) is 1. The molecule has 0 saturated heterocycles. The summed E-state index contributed by atoms with van der Waals surface area (Å²) >= 11 is 0. The molecule has 2 nitrogen and oxygen atoms in total. The maximum Gasteiger partial charge on any atom is 0.147 e. The van der Waals surface area contributed by atoms with Crippen molar-refractivity contribution in [1.82, 2.24) is 9.88 Å². The fourth-order valence-electron chi connectivity index (χ4n) is 3.58. The molecule has 1 aliphatic heterocycles. The molecule has 0 amide bonds. The summed E-state index contributed by atoms with van der Waals surface area (Å²) < 4.78 is 14.1. The van der Waals surface area contributed by atoms with Crippen LogP contribution in [-0.2, 0) is 13.1 Å². The van der Waals surface area contributed by atoms with Crippen LogP contribution in [0.3, 0.4) is 0 Å². The first-order chi connectivity index (χ1) is 11.3. The highest BCUT2D eigenvalue weighted by atomic mass is 19.1. The quantitative estimate of drug-likeness (QED) is 0.701. The van der Waals surface area contributed by atoms with Crippen molar-refractivity contribution in [2.24, 2.45) is 0 Å². The molecule has 3 aromatic rings. The van der Waals surface area contributed by atoms with Crippen molar-refractivity contribution >= 4 is 10.9 Å². The molecule has 0 fully saturated rings. The van der Waals surface area contributed by atoms with Gasteiger partial charge in [0.05, 0.1) is 5.52 Å². The summed E-state index contributed by atoms with van der Waals surface area (Å²) in [6.45, 7) is 6.59. The van der Waals surface area contributed by atoms with Crippen LogP contribution in [0.5, 0.6) is 0 Å². The Labute approximate surface area is 135 Å². The maximum absolute atomic E-state index is 14.1. The highest BCUT2D eigenvalue weighted by Crippen LogP contribution is 2.35. The number of halogens is 1. The van der Waals surface area contributed by atoms with Crippen LogP contribution in [0.2, 0.25) is 0 Å². The van der Waals surface area contributed by atoms with Crippen molar-refractivity contribution < 1.29 is 4.39 Å². The lowest BCUT2D eigenvalue weighted by Gasteiger charge is -2.23. The summed E-state index contributed by atoms with van der Waals surface area (Å²) in [5.41, 5.74) is 4.24. The molecule has 3 heteroatoms. The van der Waals surface area contributed by atoms with E-state index in [1.807, 2.05) is 24.4 Å². The molecule has 0 aliphatic carbocycles. The monoisotopic (exact) mass is 306 g/mol. The lowest BCUT2D eigenvalue weighted by Crippen LogP contribution is -2.25.